The summed E-state index contributed by atoms with van der Waals surface area (Å²) in [6, 6.07) is 3.76. The maximum Gasteiger partial charge on any atom is 0.267 e. The highest BCUT2D eigenvalue weighted by atomic mass is 79.9. The molecule has 0 bridgehead atoms. The lowest BCUT2D eigenvalue weighted by molar-refractivity contribution is 0.1000. The number of benzene rings is 1. The number of hydrogen-bond acceptors (Lipinski definition) is 3. The van der Waals surface area contributed by atoms with Gasteiger partial charge in [-0.1, -0.05) is 0 Å². The van der Waals surface area contributed by atoms with Crippen LogP contribution in [0.25, 0.3) is 0 Å². The fourth-order valence-electron chi connectivity index (χ4n) is 1.57. The van der Waals surface area contributed by atoms with Gasteiger partial charge in [-0.25, -0.2) is 9.37 Å². The summed E-state index contributed by atoms with van der Waals surface area (Å²) in [5, 5.41) is 0. The molecule has 19 heavy (non-hydrogen) atoms. The van der Waals surface area contributed by atoms with E-state index in [9.17, 15) is 14.0 Å². The van der Waals surface area contributed by atoms with E-state index in [1.54, 1.807) is 0 Å². The van der Waals surface area contributed by atoms with E-state index in [-0.39, 0.29) is 27.7 Å². The Balaban J connectivity index is 2.43. The normalized spacial score (nSPS) is 10.4. The smallest absolute Gasteiger partial charge is 0.267 e. The summed E-state index contributed by atoms with van der Waals surface area (Å²) in [5.41, 5.74) is 5.18. The predicted octanol–water partition coefficient (Wildman–Crippen LogP) is 1.29. The van der Waals surface area contributed by atoms with Crippen molar-refractivity contribution >= 4 is 21.8 Å². The number of halogens is 2. The molecule has 98 valence electrons. The Bertz CT molecular complexity index is 700. The molecule has 0 saturated carbocycles. The van der Waals surface area contributed by atoms with Crippen molar-refractivity contribution in [1.29, 1.82) is 0 Å². The van der Waals surface area contributed by atoms with Crippen LogP contribution in [0.1, 0.15) is 15.9 Å². The van der Waals surface area contributed by atoms with Gasteiger partial charge < -0.3 is 5.73 Å². The zero-order chi connectivity index (χ0) is 14.0. The second-order valence-electron chi connectivity index (χ2n) is 3.85. The van der Waals surface area contributed by atoms with Crippen LogP contribution in [-0.4, -0.2) is 15.5 Å². The molecule has 0 aliphatic carbocycles. The van der Waals surface area contributed by atoms with Crippen molar-refractivity contribution in [2.45, 2.75) is 6.54 Å². The Morgan fingerprint density at radius 2 is 2.21 bits per heavy atom. The Hall–Kier alpha value is -2.02. The van der Waals surface area contributed by atoms with Crippen molar-refractivity contribution in [1.82, 2.24) is 9.55 Å². The number of nitrogens with two attached hydrogens (primary N) is 1. The van der Waals surface area contributed by atoms with Crippen LogP contribution in [0.15, 0.2) is 40.0 Å². The van der Waals surface area contributed by atoms with E-state index >= 15 is 0 Å². The lowest BCUT2D eigenvalue weighted by Gasteiger charge is -2.07. The highest BCUT2D eigenvalue weighted by Gasteiger charge is 2.09. The van der Waals surface area contributed by atoms with Gasteiger partial charge >= 0.3 is 0 Å². The summed E-state index contributed by atoms with van der Waals surface area (Å²) >= 11 is 3.05. The van der Waals surface area contributed by atoms with Gasteiger partial charge in [0.05, 0.1) is 12.9 Å². The molecule has 7 heteroatoms. The van der Waals surface area contributed by atoms with Crippen molar-refractivity contribution < 1.29 is 9.18 Å². The standard InChI is InChI=1S/C12H9BrFN3O2/c13-9-4-16-6-17(12(9)19)5-8-3-7(11(15)18)1-2-10(8)14/h1-4,6H,5H2,(H2,15,18). The fraction of sp³-hybridized carbons (Fsp3) is 0.0833. The van der Waals surface area contributed by atoms with Gasteiger partial charge in [0.2, 0.25) is 5.91 Å². The summed E-state index contributed by atoms with van der Waals surface area (Å²) in [6.45, 7) is -0.0295. The number of amides is 1. The molecule has 0 atom stereocenters. The molecule has 2 N–H and O–H groups in total. The van der Waals surface area contributed by atoms with Crippen molar-refractivity contribution in [3.8, 4) is 0 Å². The number of nitrogens with zero attached hydrogens (tertiary/aromatic N) is 2. The van der Waals surface area contributed by atoms with Gasteiger partial charge in [0, 0.05) is 17.3 Å². The largest absolute Gasteiger partial charge is 0.366 e. The molecule has 0 aliphatic heterocycles. The maximum absolute atomic E-state index is 13.7. The zero-order valence-corrected chi connectivity index (χ0v) is 11.2. The molecule has 0 saturated heterocycles. The predicted molar refractivity (Wildman–Crippen MR) is 70.2 cm³/mol. The molecule has 5 nitrogen and oxygen atoms in total. The lowest BCUT2D eigenvalue weighted by Crippen LogP contribution is -2.22. The molecular formula is C12H9BrFN3O2. The molecule has 0 radical (unpaired) electrons. The topological polar surface area (TPSA) is 78.0 Å². The number of aromatic nitrogens is 2. The van der Waals surface area contributed by atoms with Gasteiger partial charge in [0.15, 0.2) is 0 Å². The number of hydrogen-bond donors (Lipinski definition) is 1. The van der Waals surface area contributed by atoms with E-state index in [1.165, 1.54) is 29.2 Å². The van der Waals surface area contributed by atoms with E-state index in [0.29, 0.717) is 0 Å². The van der Waals surface area contributed by atoms with E-state index in [0.717, 1.165) is 6.07 Å². The zero-order valence-electron chi connectivity index (χ0n) is 9.64. The third-order valence-electron chi connectivity index (χ3n) is 2.53. The molecule has 0 spiro atoms. The number of primary amides is 1. The van der Waals surface area contributed by atoms with Crippen LogP contribution in [0.4, 0.5) is 4.39 Å². The summed E-state index contributed by atoms with van der Waals surface area (Å²) in [7, 11) is 0. The summed E-state index contributed by atoms with van der Waals surface area (Å²) in [5.74, 6) is -1.17. The van der Waals surface area contributed by atoms with Crippen LogP contribution in [0, 0.1) is 5.82 Å². The van der Waals surface area contributed by atoms with Gasteiger partial charge in [-0.15, -0.1) is 0 Å². The van der Waals surface area contributed by atoms with Gasteiger partial charge in [0.1, 0.15) is 10.3 Å². The average molecular weight is 326 g/mol. The Kier molecular flexibility index (Phi) is 3.75. The van der Waals surface area contributed by atoms with Crippen molar-refractivity contribution in [2.24, 2.45) is 5.73 Å². The van der Waals surface area contributed by atoms with Crippen LogP contribution < -0.4 is 11.3 Å². The van der Waals surface area contributed by atoms with Gasteiger partial charge in [-0.2, -0.15) is 0 Å². The summed E-state index contributed by atoms with van der Waals surface area (Å²) < 4.78 is 15.2. The van der Waals surface area contributed by atoms with Crippen molar-refractivity contribution in [3.05, 3.63) is 62.5 Å². The summed E-state index contributed by atoms with van der Waals surface area (Å²) in [6.07, 6.45) is 2.65. The van der Waals surface area contributed by atoms with E-state index in [1.807, 2.05) is 0 Å². The number of carbonyl (C=O) groups excluding carboxylic acids is 1. The minimum Gasteiger partial charge on any atom is -0.366 e. The van der Waals surface area contributed by atoms with Gasteiger partial charge in [-0.05, 0) is 34.1 Å². The monoisotopic (exact) mass is 325 g/mol. The van der Waals surface area contributed by atoms with Crippen LogP contribution in [0.5, 0.6) is 0 Å². The molecule has 0 aliphatic rings. The molecule has 1 amide bonds. The molecular weight excluding hydrogens is 317 g/mol. The Morgan fingerprint density at radius 1 is 1.47 bits per heavy atom. The van der Waals surface area contributed by atoms with Crippen LogP contribution in [-0.2, 0) is 6.54 Å². The average Bonchev–Trinajstić information content (AvgIpc) is 2.37. The first-order chi connectivity index (χ1) is 8.99. The first-order valence-electron chi connectivity index (χ1n) is 5.27. The second kappa shape index (κ2) is 5.31. The maximum atomic E-state index is 13.7. The van der Waals surface area contributed by atoms with E-state index in [4.69, 9.17) is 5.73 Å². The highest BCUT2D eigenvalue weighted by Crippen LogP contribution is 2.12. The summed E-state index contributed by atoms with van der Waals surface area (Å²) in [4.78, 5) is 26.6. The molecule has 0 unspecified atom stereocenters. The fourth-order valence-corrected chi connectivity index (χ4v) is 1.92. The highest BCUT2D eigenvalue weighted by molar-refractivity contribution is 9.10. The van der Waals surface area contributed by atoms with E-state index < -0.39 is 11.7 Å². The minimum atomic E-state index is -0.652. The third-order valence-corrected chi connectivity index (χ3v) is 3.07. The van der Waals surface area contributed by atoms with Crippen LogP contribution in [0.3, 0.4) is 0 Å². The molecule has 2 aromatic rings. The van der Waals surface area contributed by atoms with Crippen LogP contribution in [0.2, 0.25) is 0 Å². The minimum absolute atomic E-state index is 0.0295. The number of rotatable bonds is 3. The van der Waals surface area contributed by atoms with Gasteiger partial charge in [0.25, 0.3) is 5.56 Å². The van der Waals surface area contributed by atoms with Gasteiger partial charge in [-0.3, -0.25) is 14.2 Å². The first kappa shape index (κ1) is 13.4. The molecule has 0 fully saturated rings. The second-order valence-corrected chi connectivity index (χ2v) is 4.70. The number of carbonyl (C=O) groups is 1. The quantitative estimate of drug-likeness (QED) is 0.923. The molecule has 1 aromatic carbocycles. The lowest BCUT2D eigenvalue weighted by atomic mass is 10.1. The Labute approximate surface area is 116 Å². The Morgan fingerprint density at radius 3 is 2.89 bits per heavy atom. The first-order valence-corrected chi connectivity index (χ1v) is 6.06. The molecule has 1 heterocycles. The third kappa shape index (κ3) is 2.87. The van der Waals surface area contributed by atoms with Crippen LogP contribution >= 0.6 is 15.9 Å². The van der Waals surface area contributed by atoms with Crippen molar-refractivity contribution in [3.63, 3.8) is 0 Å². The van der Waals surface area contributed by atoms with E-state index in [2.05, 4.69) is 20.9 Å². The van der Waals surface area contributed by atoms with Crippen molar-refractivity contribution in [2.75, 3.05) is 0 Å². The molecule has 1 aromatic heterocycles. The molecule has 2 rings (SSSR count). The SMILES string of the molecule is NC(=O)c1ccc(F)c(Cn2cncc(Br)c2=O)c1.